The summed E-state index contributed by atoms with van der Waals surface area (Å²) < 4.78 is 59.3. The Morgan fingerprint density at radius 2 is 0.459 bits per heavy atom. The third kappa shape index (κ3) is 14.8. The van der Waals surface area contributed by atoms with Crippen LogP contribution in [0.2, 0.25) is 30.2 Å². The van der Waals surface area contributed by atoms with E-state index in [2.05, 4.69) is 351 Å². The number of benzene rings is 4. The van der Waals surface area contributed by atoms with Gasteiger partial charge in [-0.1, -0.05) is 308 Å². The predicted molar refractivity (Wildman–Crippen MR) is 413 cm³/mol. The molecule has 0 atom stereocenters. The van der Waals surface area contributed by atoms with E-state index < -0.39 is 46.9 Å². The Morgan fingerprint density at radius 3 is 0.582 bits per heavy atom. The van der Waals surface area contributed by atoms with Crippen molar-refractivity contribution >= 4 is 46.9 Å². The third-order valence-corrected chi connectivity index (χ3v) is 40.0. The molecule has 0 aliphatic carbocycles. The largest absolute Gasteiger partial charge is 0.792 e. The summed E-state index contributed by atoms with van der Waals surface area (Å²) in [7, 11) is -13.8. The van der Waals surface area contributed by atoms with Crippen molar-refractivity contribution < 1.29 is 35.5 Å². The summed E-state index contributed by atoms with van der Waals surface area (Å²) in [6.07, 6.45) is 6.98. The highest BCUT2D eigenvalue weighted by Crippen LogP contribution is 2.65. The molecule has 0 unspecified atom stereocenters. The summed E-state index contributed by atoms with van der Waals surface area (Å²) in [5, 5.41) is -1.46. The van der Waals surface area contributed by atoms with E-state index in [9.17, 15) is 9.59 Å². The van der Waals surface area contributed by atoms with Crippen LogP contribution in [0.4, 0.5) is 9.59 Å². The minimum Gasteiger partial charge on any atom is -0.415 e. The van der Waals surface area contributed by atoms with Crippen molar-refractivity contribution in [3.05, 3.63) is 153 Å². The van der Waals surface area contributed by atoms with Crippen molar-refractivity contribution in [1.82, 2.24) is 18.3 Å². The van der Waals surface area contributed by atoms with Crippen LogP contribution in [0.1, 0.15) is 327 Å². The van der Waals surface area contributed by atoms with Crippen molar-refractivity contribution in [2.75, 3.05) is 0 Å². The van der Waals surface area contributed by atoms with Crippen LogP contribution in [0.5, 0.6) is 0 Å². The van der Waals surface area contributed by atoms with Gasteiger partial charge in [-0.05, 0) is 122 Å². The van der Waals surface area contributed by atoms with Gasteiger partial charge < -0.3 is 25.9 Å². The molecule has 0 bridgehead atoms. The van der Waals surface area contributed by atoms with E-state index in [-0.39, 0.29) is 77.6 Å². The maximum atomic E-state index is 12.8. The molecule has 8 rings (SSSR count). The lowest BCUT2D eigenvalue weighted by molar-refractivity contribution is 0.0284. The monoisotopic (exact) mass is 1410 g/mol. The molecule has 0 spiro atoms. The van der Waals surface area contributed by atoms with Gasteiger partial charge in [0.15, 0.2) is 0 Å². The number of carbonyl (C=O) groups excluding carboxylic acids is 2. The molecule has 540 valence electrons. The van der Waals surface area contributed by atoms with Crippen molar-refractivity contribution in [3.8, 4) is 22.7 Å². The lowest BCUT2D eigenvalue weighted by atomic mass is 9.92. The number of carbonyl (C=O) groups is 2. The second kappa shape index (κ2) is 28.2. The summed E-state index contributed by atoms with van der Waals surface area (Å²) in [4.78, 5) is 25.6. The summed E-state index contributed by atoms with van der Waals surface area (Å²) in [5.41, 5.74) is 15.4. The first kappa shape index (κ1) is 79.6. The molecule has 2 aliphatic heterocycles. The molecule has 0 N–H and O–H groups in total. The average Bonchev–Trinajstić information content (AvgIpc) is 0.721. The van der Waals surface area contributed by atoms with E-state index in [1.165, 1.54) is 44.5 Å². The van der Waals surface area contributed by atoms with E-state index in [4.69, 9.17) is 35.3 Å². The first-order valence-corrected chi connectivity index (χ1v) is 43.4. The second-order valence-corrected chi connectivity index (χ2v) is 53.0. The first-order chi connectivity index (χ1) is 44.8. The first-order valence-electron chi connectivity index (χ1n) is 36.3. The van der Waals surface area contributed by atoms with Crippen LogP contribution in [0.3, 0.4) is 0 Å². The quantitative estimate of drug-likeness (QED) is 0.0777. The lowest BCUT2D eigenvalue weighted by Gasteiger charge is -2.59. The molecule has 0 amide bonds. The predicted octanol–water partition coefficient (Wildman–Crippen LogP) is 23.3. The zero-order valence-electron chi connectivity index (χ0n) is 66.8. The molecule has 18 heteroatoms. The van der Waals surface area contributed by atoms with Crippen LogP contribution in [-0.4, -0.2) is 65.1 Å². The highest BCUT2D eigenvalue weighted by molar-refractivity contribution is 6.90. The number of rotatable bonds is 18. The lowest BCUT2D eigenvalue weighted by Crippen LogP contribution is -2.71. The van der Waals surface area contributed by atoms with Gasteiger partial charge in [-0.2, -0.15) is 9.32 Å². The average molecular weight is 1410 g/mol. The van der Waals surface area contributed by atoms with Crippen LogP contribution in [0, 0.1) is 0 Å². The Kier molecular flexibility index (Phi) is 22.9. The minimum absolute atomic E-state index is 0.244. The molecule has 14 nitrogen and oxygen atoms in total. The van der Waals surface area contributed by atoms with Gasteiger partial charge >= 0.3 is 30.2 Å². The summed E-state index contributed by atoms with van der Waals surface area (Å²) in [6.45, 7) is 76.2. The molecule has 4 aromatic carbocycles. The number of nitrogens with zero attached hydrogens (tertiary/aromatic N) is 6. The molecule has 2 aromatic heterocycles. The van der Waals surface area contributed by atoms with Crippen LogP contribution in [0.25, 0.3) is 22.7 Å². The zero-order valence-corrected chi connectivity index (χ0v) is 70.8. The fourth-order valence-corrected chi connectivity index (χ4v) is 44.7. The molecule has 2 saturated heterocycles. The fourth-order valence-electron chi connectivity index (χ4n) is 17.8. The highest BCUT2D eigenvalue weighted by Gasteiger charge is 2.74. The SMILES string of the molecule is CC(C)c1cccc(C(C)C)c1-n1ccn(-c2c(C(C)C)cccc2C(C)C)c1=N[Si]1(O[Si](C(C)(C)C)(C(C)(C)C)C(C)(C)C)OC(=O)O1.CC(C)c1cccc(C(C)C)c1-n1ccn(-c2c(C(C)C)cccc2C(C)C)c1=N[Si]1(O[Si](C(C)(C)C)(C(C)(C)C)C(C)(C)C)OC(=O)O1. The van der Waals surface area contributed by atoms with Crippen molar-refractivity contribution in [2.45, 2.75) is 313 Å². The second-order valence-electron chi connectivity index (χ2n) is 36.3. The van der Waals surface area contributed by atoms with E-state index in [0.717, 1.165) is 22.7 Å². The summed E-state index contributed by atoms with van der Waals surface area (Å²) in [6, 6.07) is 26.3. The smallest absolute Gasteiger partial charge is 0.415 e. The van der Waals surface area contributed by atoms with Gasteiger partial charge in [0.05, 0.1) is 22.7 Å². The maximum Gasteiger partial charge on any atom is 0.792 e. The standard InChI is InChI=1S/2C40H63N3O4Si2/c2*1-26(2)30-20-18-21-31(27(3)4)34(30)42-24-25-43(35-32(28(5)6)22-19-23-33(35)29(7)8)36(42)41-49(45-37(44)46-49)47-48(38(9,10)11,39(12,13)14)40(15,16)17/h2*18-29H,1-17H3. The van der Waals surface area contributed by atoms with Gasteiger partial charge in [0.1, 0.15) is 0 Å². The Morgan fingerprint density at radius 1 is 0.306 bits per heavy atom. The van der Waals surface area contributed by atoms with Crippen LogP contribution in [-0.2, 0) is 25.9 Å². The number of aromatic nitrogens is 4. The highest BCUT2D eigenvalue weighted by atomic mass is 28.5. The van der Waals surface area contributed by atoms with Gasteiger partial charge in [0.25, 0.3) is 0 Å². The minimum atomic E-state index is -3.99. The molecule has 2 fully saturated rings. The third-order valence-electron chi connectivity index (χ3n) is 20.1. The Labute approximate surface area is 595 Å². The van der Waals surface area contributed by atoms with E-state index in [1.807, 2.05) is 0 Å². The molecule has 2 aliphatic rings. The Balaban J connectivity index is 0.000000276. The molecule has 98 heavy (non-hydrogen) atoms. The molecular weight excluding hydrogens is 1290 g/mol. The molecular formula is C80H126N6O8Si4. The summed E-state index contributed by atoms with van der Waals surface area (Å²) in [5.74, 6) is 2.07. The van der Waals surface area contributed by atoms with Crippen LogP contribution < -0.4 is 11.2 Å². The topological polar surface area (TPSA) is 134 Å². The van der Waals surface area contributed by atoms with Crippen molar-refractivity contribution in [3.63, 3.8) is 0 Å². The zero-order chi connectivity index (χ0) is 74.1. The number of imidazole rings is 2. The van der Waals surface area contributed by atoms with E-state index in [0.29, 0.717) is 11.2 Å². The van der Waals surface area contributed by atoms with Gasteiger partial charge in [0.2, 0.25) is 27.9 Å². The Hall–Kier alpha value is -5.77. The van der Waals surface area contributed by atoms with Gasteiger partial charge in [-0.15, -0.1) is 0 Å². The van der Waals surface area contributed by atoms with Crippen molar-refractivity contribution in [1.29, 1.82) is 0 Å². The number of hydrogen-bond donors (Lipinski definition) is 0. The molecule has 0 saturated carbocycles. The Bertz CT molecular complexity index is 3380. The normalized spacial score (nSPS) is 15.6. The van der Waals surface area contributed by atoms with E-state index in [1.54, 1.807) is 0 Å². The van der Waals surface area contributed by atoms with Crippen LogP contribution >= 0.6 is 0 Å². The van der Waals surface area contributed by atoms with Crippen LogP contribution in [0.15, 0.2) is 107 Å². The van der Waals surface area contributed by atoms with Crippen molar-refractivity contribution in [2.24, 2.45) is 9.32 Å². The summed E-state index contributed by atoms with van der Waals surface area (Å²) >= 11 is 0. The fraction of sp³-hybridized carbons (Fsp3) is 0.600. The molecule has 6 aromatic rings. The maximum absolute atomic E-state index is 12.8. The number of para-hydroxylation sites is 4. The van der Waals surface area contributed by atoms with Gasteiger partial charge in [-0.3, -0.25) is 18.3 Å². The number of hydrogen-bond acceptors (Lipinski definition) is 10. The van der Waals surface area contributed by atoms with Gasteiger partial charge in [0, 0.05) is 24.8 Å². The van der Waals surface area contributed by atoms with E-state index >= 15 is 0 Å². The molecule has 4 heterocycles. The molecule has 0 radical (unpaired) electrons. The van der Waals surface area contributed by atoms with Gasteiger partial charge in [-0.25, -0.2) is 9.59 Å².